The van der Waals surface area contributed by atoms with Crippen LogP contribution in [0.15, 0.2) is 97.1 Å². The normalized spacial score (nSPS) is 12.8. The number of alkyl halides is 3. The van der Waals surface area contributed by atoms with E-state index in [1.807, 2.05) is 43.3 Å². The van der Waals surface area contributed by atoms with E-state index >= 15 is 0 Å². The second-order valence-corrected chi connectivity index (χ2v) is 14.9. The zero-order valence-corrected chi connectivity index (χ0v) is 32.0. The fourth-order valence-corrected chi connectivity index (χ4v) is 5.85. The Hall–Kier alpha value is -2.52. The van der Waals surface area contributed by atoms with Crippen LogP contribution in [-0.4, -0.2) is 3.21 Å². The van der Waals surface area contributed by atoms with Crippen LogP contribution in [0.3, 0.4) is 0 Å². The Balaban J connectivity index is 0.000000275. The van der Waals surface area contributed by atoms with Crippen molar-refractivity contribution in [1.29, 1.82) is 0 Å². The van der Waals surface area contributed by atoms with Crippen LogP contribution in [0.5, 0.6) is 0 Å². The standard InChI is InChI=1S/C21H25.C15H11F3.C5H5.2ClH.Zr/c1-20(2,3)16-9-7-14-11-15-8-10-17(21(4,5)6)13-19(15)18(14)12-16;1-11-5-7-12(8-6-11)9-13-3-2-4-14(10-13)15(16,17)18;1-2-4-5-3-1;;;/h7,9-10,12-13H,11H2,1-6H3;2-8,10H,1H3;1-3H,4H2;2*1H;/q-1;;-1;;;+2/p-2. The van der Waals surface area contributed by atoms with E-state index in [0.717, 1.165) is 57.5 Å². The molecule has 4 aromatic rings. The molecule has 0 spiro atoms. The van der Waals surface area contributed by atoms with E-state index in [0.29, 0.717) is 5.56 Å². The first-order valence-corrected chi connectivity index (χ1v) is 16.5. The van der Waals surface area contributed by atoms with Gasteiger partial charge in [-0.2, -0.15) is 35.4 Å². The number of rotatable bonds is 2. The van der Waals surface area contributed by atoms with Crippen LogP contribution in [0.2, 0.25) is 0 Å². The van der Waals surface area contributed by atoms with Gasteiger partial charge in [-0.1, -0.05) is 76.3 Å². The average molecular weight is 753 g/mol. The molecule has 0 radical (unpaired) electrons. The first kappa shape index (κ1) is 40.7. The largest absolute Gasteiger partial charge is 1.00 e. The van der Waals surface area contributed by atoms with E-state index in [2.05, 4.69) is 90.1 Å². The van der Waals surface area contributed by atoms with Gasteiger partial charge in [-0.15, -0.1) is 12.0 Å². The van der Waals surface area contributed by atoms with Gasteiger partial charge >= 0.3 is 124 Å². The minimum Gasteiger partial charge on any atom is -1.00 e. The number of fused-ring (bicyclic) bond motifs is 3. The third-order valence-corrected chi connectivity index (χ3v) is 9.35. The van der Waals surface area contributed by atoms with Crippen molar-refractivity contribution >= 4 is 3.21 Å². The van der Waals surface area contributed by atoms with Gasteiger partial charge < -0.3 is 24.8 Å². The molecule has 47 heavy (non-hydrogen) atoms. The van der Waals surface area contributed by atoms with Gasteiger partial charge in [0.05, 0.1) is 0 Å². The molecule has 0 aromatic heterocycles. The van der Waals surface area contributed by atoms with Crippen LogP contribution in [0.4, 0.5) is 13.2 Å². The second-order valence-electron chi connectivity index (χ2n) is 13.7. The summed E-state index contributed by atoms with van der Waals surface area (Å²) in [7, 11) is 0. The molecule has 0 N–H and O–H groups in total. The number of benzene rings is 4. The smallest absolute Gasteiger partial charge is 0.109 e. The van der Waals surface area contributed by atoms with Crippen LogP contribution in [0, 0.1) is 19.1 Å². The molecule has 0 saturated heterocycles. The number of allylic oxidation sites excluding steroid dienone is 4. The van der Waals surface area contributed by atoms with Crippen molar-refractivity contribution in [2.24, 2.45) is 0 Å². The first-order valence-electron chi connectivity index (χ1n) is 15.3. The number of halogens is 5. The van der Waals surface area contributed by atoms with E-state index in [9.17, 15) is 13.2 Å². The van der Waals surface area contributed by atoms with E-state index in [4.69, 9.17) is 0 Å². The van der Waals surface area contributed by atoms with Gasteiger partial charge in [0.2, 0.25) is 0 Å². The van der Waals surface area contributed by atoms with Crippen molar-refractivity contribution in [2.75, 3.05) is 0 Å². The van der Waals surface area contributed by atoms with Crippen LogP contribution in [-0.2, 0) is 47.7 Å². The number of aryl methyl sites for hydroxylation is 1. The van der Waals surface area contributed by atoms with Crippen molar-refractivity contribution in [2.45, 2.75) is 78.3 Å². The summed E-state index contributed by atoms with van der Waals surface area (Å²) in [5.74, 6) is 0. The van der Waals surface area contributed by atoms with Crippen LogP contribution >= 0.6 is 0 Å². The molecule has 0 aliphatic heterocycles. The molecule has 0 nitrogen and oxygen atoms in total. The maximum atomic E-state index is 12.7. The van der Waals surface area contributed by atoms with Gasteiger partial charge in [0.1, 0.15) is 0 Å². The minimum atomic E-state index is -4.29. The maximum absolute atomic E-state index is 12.7. The molecule has 6 rings (SSSR count). The molecule has 2 aliphatic rings. The molecule has 246 valence electrons. The molecule has 0 amide bonds. The predicted molar refractivity (Wildman–Crippen MR) is 178 cm³/mol. The molecule has 6 heteroatoms. The van der Waals surface area contributed by atoms with Crippen molar-refractivity contribution in [3.63, 3.8) is 0 Å². The van der Waals surface area contributed by atoms with Crippen molar-refractivity contribution in [3.05, 3.63) is 154 Å². The third kappa shape index (κ3) is 11.0. The van der Waals surface area contributed by atoms with Gasteiger partial charge in [-0.3, -0.25) is 6.08 Å². The van der Waals surface area contributed by atoms with Crippen molar-refractivity contribution in [3.8, 4) is 11.1 Å². The zero-order valence-electron chi connectivity index (χ0n) is 28.0. The first-order chi connectivity index (χ1) is 21.0. The summed E-state index contributed by atoms with van der Waals surface area (Å²) in [6.07, 6.45) is 6.74. The van der Waals surface area contributed by atoms with Crippen LogP contribution in [0.1, 0.15) is 92.5 Å². The van der Waals surface area contributed by atoms with E-state index in [1.165, 1.54) is 45.5 Å². The Labute approximate surface area is 306 Å². The third-order valence-electron chi connectivity index (χ3n) is 7.93. The van der Waals surface area contributed by atoms with Crippen molar-refractivity contribution in [1.82, 2.24) is 0 Å². The Morgan fingerprint density at radius 3 is 1.89 bits per heavy atom. The fraction of sp³-hybridized carbons (Fsp3) is 0.293. The van der Waals surface area contributed by atoms with Crippen LogP contribution < -0.4 is 24.8 Å². The summed E-state index contributed by atoms with van der Waals surface area (Å²) in [6, 6.07) is 28.4. The van der Waals surface area contributed by atoms with Gasteiger partial charge in [0, 0.05) is 0 Å². The van der Waals surface area contributed by atoms with Gasteiger partial charge in [0.25, 0.3) is 0 Å². The molecule has 4 aromatic carbocycles. The maximum Gasteiger partial charge on any atom is -0.109 e. The molecule has 0 heterocycles. The van der Waals surface area contributed by atoms with Crippen LogP contribution in [0.25, 0.3) is 11.1 Å². The summed E-state index contributed by atoms with van der Waals surface area (Å²) >= 11 is 1.10. The minimum absolute atomic E-state index is 0. The molecule has 0 fully saturated rings. The predicted octanol–water partition coefficient (Wildman–Crippen LogP) is 5.10. The summed E-state index contributed by atoms with van der Waals surface area (Å²) in [5, 5.41) is 0. The topological polar surface area (TPSA) is 0 Å². The molecule has 0 atom stereocenters. The average Bonchev–Trinajstić information content (AvgIpc) is 3.68. The van der Waals surface area contributed by atoms with E-state index in [1.54, 1.807) is 6.07 Å². The quantitative estimate of drug-likeness (QED) is 0.221. The van der Waals surface area contributed by atoms with Gasteiger partial charge in [-0.25, -0.2) is 12.2 Å². The van der Waals surface area contributed by atoms with Crippen molar-refractivity contribution < 1.29 is 62.2 Å². The Morgan fingerprint density at radius 2 is 1.36 bits per heavy atom. The summed E-state index contributed by atoms with van der Waals surface area (Å²) in [6.45, 7) is 15.6. The SMILES string of the molecule is CC(C)(C)c1c[c-]c2c(c1)-c1cc(C(C)(C)C)ccc1C2.Cc1ccc([C](=[Zr+2])c2cccc(C(F)(F)F)c2)cc1.[C-]1=CC=CC1.[Cl-].[Cl-]. The number of hydrogen-bond donors (Lipinski definition) is 0. The molecular formula is C41H41Cl2F3Zr-2. The van der Waals surface area contributed by atoms with Gasteiger partial charge in [0.15, 0.2) is 0 Å². The number of hydrogen-bond acceptors (Lipinski definition) is 0. The second kappa shape index (κ2) is 16.7. The zero-order chi connectivity index (χ0) is 33.0. The molecule has 0 unspecified atom stereocenters. The van der Waals surface area contributed by atoms with E-state index < -0.39 is 11.7 Å². The molecule has 2 aliphatic carbocycles. The Kier molecular flexibility index (Phi) is 14.5. The Bertz CT molecular complexity index is 1650. The van der Waals surface area contributed by atoms with Gasteiger partial charge in [-0.05, 0) is 17.4 Å². The molecular weight excluding hydrogens is 712 g/mol. The summed E-state index contributed by atoms with van der Waals surface area (Å²) in [5.41, 5.74) is 10.9. The fourth-order valence-electron chi connectivity index (χ4n) is 5.06. The molecule has 0 saturated carbocycles. The monoisotopic (exact) mass is 750 g/mol. The summed E-state index contributed by atoms with van der Waals surface area (Å²) < 4.78 is 39.0. The van der Waals surface area contributed by atoms with E-state index in [-0.39, 0.29) is 35.6 Å². The summed E-state index contributed by atoms with van der Waals surface area (Å²) in [4.78, 5) is 0. The Morgan fingerprint density at radius 1 is 0.723 bits per heavy atom. The molecule has 0 bridgehead atoms.